The van der Waals surface area contributed by atoms with Crippen LogP contribution in [0.3, 0.4) is 0 Å². The summed E-state index contributed by atoms with van der Waals surface area (Å²) >= 11 is 3.54. The van der Waals surface area contributed by atoms with Gasteiger partial charge in [0.25, 0.3) is 0 Å². The third-order valence-corrected chi connectivity index (χ3v) is 4.45. The van der Waals surface area contributed by atoms with Crippen LogP contribution in [0.25, 0.3) is 0 Å². The summed E-state index contributed by atoms with van der Waals surface area (Å²) in [5.41, 5.74) is 1.74. The van der Waals surface area contributed by atoms with Crippen LogP contribution in [0.2, 0.25) is 0 Å². The molecule has 1 saturated heterocycles. The molecule has 20 heavy (non-hydrogen) atoms. The van der Waals surface area contributed by atoms with Crippen LogP contribution in [0, 0.1) is 0 Å². The summed E-state index contributed by atoms with van der Waals surface area (Å²) in [6.45, 7) is 2.54. The Balaban J connectivity index is 2.03. The number of hydrogen-bond donors (Lipinski definition) is 0. The summed E-state index contributed by atoms with van der Waals surface area (Å²) in [5, 5.41) is 0. The predicted octanol–water partition coefficient (Wildman–Crippen LogP) is 2.85. The van der Waals surface area contributed by atoms with Gasteiger partial charge in [-0.1, -0.05) is 22.0 Å². The van der Waals surface area contributed by atoms with Crippen LogP contribution in [0.1, 0.15) is 28.8 Å². The van der Waals surface area contributed by atoms with Gasteiger partial charge in [-0.15, -0.1) is 0 Å². The van der Waals surface area contributed by atoms with Crippen molar-refractivity contribution < 1.29 is 14.3 Å². The lowest BCUT2D eigenvalue weighted by molar-refractivity contribution is 0.0406. The van der Waals surface area contributed by atoms with Crippen molar-refractivity contribution >= 4 is 21.9 Å². The highest BCUT2D eigenvalue weighted by atomic mass is 79.9. The maximum Gasteiger partial charge on any atom is 0.337 e. The van der Waals surface area contributed by atoms with Gasteiger partial charge in [0.1, 0.15) is 0 Å². The van der Waals surface area contributed by atoms with Gasteiger partial charge >= 0.3 is 5.97 Å². The van der Waals surface area contributed by atoms with Gasteiger partial charge in [-0.3, -0.25) is 4.90 Å². The SMILES string of the molecule is COC(=O)c1ccc(CN(C)C2CCOCC2)c(Br)c1. The molecule has 0 unspecified atom stereocenters. The minimum atomic E-state index is -0.310. The fourth-order valence-corrected chi connectivity index (χ4v) is 2.95. The van der Waals surface area contributed by atoms with Crippen LogP contribution in [0.15, 0.2) is 22.7 Å². The molecule has 0 aliphatic carbocycles. The Morgan fingerprint density at radius 2 is 2.15 bits per heavy atom. The first-order valence-electron chi connectivity index (χ1n) is 6.76. The molecule has 0 amide bonds. The molecule has 4 nitrogen and oxygen atoms in total. The van der Waals surface area contributed by atoms with Gasteiger partial charge in [-0.05, 0) is 37.6 Å². The van der Waals surface area contributed by atoms with Crippen LogP contribution in [-0.4, -0.2) is 44.3 Å². The van der Waals surface area contributed by atoms with Gasteiger partial charge in [-0.2, -0.15) is 0 Å². The number of esters is 1. The number of carbonyl (C=O) groups is 1. The molecule has 0 aromatic heterocycles. The highest BCUT2D eigenvalue weighted by Gasteiger charge is 2.19. The quantitative estimate of drug-likeness (QED) is 0.789. The molecule has 0 saturated carbocycles. The molecule has 110 valence electrons. The van der Waals surface area contributed by atoms with Crippen LogP contribution < -0.4 is 0 Å². The Labute approximate surface area is 128 Å². The van der Waals surface area contributed by atoms with E-state index in [0.717, 1.165) is 37.1 Å². The van der Waals surface area contributed by atoms with E-state index in [0.29, 0.717) is 11.6 Å². The zero-order valence-corrected chi connectivity index (χ0v) is 13.5. The summed E-state index contributed by atoms with van der Waals surface area (Å²) in [7, 11) is 3.53. The minimum absolute atomic E-state index is 0.310. The van der Waals surface area contributed by atoms with E-state index in [2.05, 4.69) is 27.9 Å². The van der Waals surface area contributed by atoms with Crippen molar-refractivity contribution in [3.05, 3.63) is 33.8 Å². The summed E-state index contributed by atoms with van der Waals surface area (Å²) < 4.78 is 11.1. The first-order valence-corrected chi connectivity index (χ1v) is 7.56. The maximum atomic E-state index is 11.5. The number of nitrogens with zero attached hydrogens (tertiary/aromatic N) is 1. The number of ether oxygens (including phenoxy) is 2. The van der Waals surface area contributed by atoms with E-state index in [9.17, 15) is 4.79 Å². The molecule has 1 fully saturated rings. The molecule has 1 aromatic rings. The topological polar surface area (TPSA) is 38.8 Å². The van der Waals surface area contributed by atoms with Gasteiger partial charge in [0.2, 0.25) is 0 Å². The van der Waals surface area contributed by atoms with Crippen molar-refractivity contribution in [2.75, 3.05) is 27.4 Å². The predicted molar refractivity (Wildman–Crippen MR) is 80.8 cm³/mol. The molecule has 0 spiro atoms. The van der Waals surface area contributed by atoms with Crippen molar-refractivity contribution in [2.24, 2.45) is 0 Å². The average molecular weight is 342 g/mol. The van der Waals surface area contributed by atoms with E-state index >= 15 is 0 Å². The minimum Gasteiger partial charge on any atom is -0.465 e. The number of halogens is 1. The number of hydrogen-bond acceptors (Lipinski definition) is 4. The lowest BCUT2D eigenvalue weighted by atomic mass is 10.1. The summed E-state index contributed by atoms with van der Waals surface area (Å²) in [6, 6.07) is 6.17. The van der Waals surface area contributed by atoms with Crippen LogP contribution >= 0.6 is 15.9 Å². The normalized spacial score (nSPS) is 16.4. The molecule has 0 atom stereocenters. The van der Waals surface area contributed by atoms with Crippen LogP contribution in [0.4, 0.5) is 0 Å². The van der Waals surface area contributed by atoms with Gasteiger partial charge in [0.15, 0.2) is 0 Å². The Bertz CT molecular complexity index is 472. The largest absolute Gasteiger partial charge is 0.465 e. The molecule has 1 aliphatic rings. The molecular formula is C15H20BrNO3. The Morgan fingerprint density at radius 3 is 2.75 bits per heavy atom. The smallest absolute Gasteiger partial charge is 0.337 e. The fraction of sp³-hybridized carbons (Fsp3) is 0.533. The monoisotopic (exact) mass is 341 g/mol. The number of benzene rings is 1. The summed E-state index contributed by atoms with van der Waals surface area (Å²) in [4.78, 5) is 13.8. The van der Waals surface area contributed by atoms with E-state index in [1.54, 1.807) is 0 Å². The van der Waals surface area contributed by atoms with E-state index < -0.39 is 0 Å². The molecule has 0 bridgehead atoms. The Hall–Kier alpha value is -0.910. The van der Waals surface area contributed by atoms with E-state index in [-0.39, 0.29) is 5.97 Å². The highest BCUT2D eigenvalue weighted by Crippen LogP contribution is 2.23. The second kappa shape index (κ2) is 7.20. The third kappa shape index (κ3) is 3.81. The molecule has 1 aliphatic heterocycles. The van der Waals surface area contributed by atoms with Crippen molar-refractivity contribution in [3.8, 4) is 0 Å². The molecule has 5 heteroatoms. The highest BCUT2D eigenvalue weighted by molar-refractivity contribution is 9.10. The van der Waals surface area contributed by atoms with Crippen molar-refractivity contribution in [1.82, 2.24) is 4.90 Å². The second-order valence-electron chi connectivity index (χ2n) is 5.06. The third-order valence-electron chi connectivity index (χ3n) is 3.71. The zero-order valence-electron chi connectivity index (χ0n) is 11.9. The van der Waals surface area contributed by atoms with Gasteiger partial charge in [-0.25, -0.2) is 4.79 Å². The maximum absolute atomic E-state index is 11.5. The number of carbonyl (C=O) groups excluding carboxylic acids is 1. The van der Waals surface area contributed by atoms with E-state index in [4.69, 9.17) is 9.47 Å². The fourth-order valence-electron chi connectivity index (χ4n) is 2.44. The molecule has 1 aromatic carbocycles. The molecule has 2 rings (SSSR count). The zero-order chi connectivity index (χ0) is 14.5. The second-order valence-corrected chi connectivity index (χ2v) is 5.91. The lowest BCUT2D eigenvalue weighted by Crippen LogP contribution is -2.36. The van der Waals surface area contributed by atoms with E-state index in [1.165, 1.54) is 12.7 Å². The molecular weight excluding hydrogens is 322 g/mol. The number of methoxy groups -OCH3 is 1. The average Bonchev–Trinajstić information content (AvgIpc) is 2.49. The van der Waals surface area contributed by atoms with Crippen LogP contribution in [0.5, 0.6) is 0 Å². The number of rotatable bonds is 4. The lowest BCUT2D eigenvalue weighted by Gasteiger charge is -2.31. The summed E-state index contributed by atoms with van der Waals surface area (Å²) in [5.74, 6) is -0.310. The van der Waals surface area contributed by atoms with Crippen molar-refractivity contribution in [1.29, 1.82) is 0 Å². The van der Waals surface area contributed by atoms with Crippen molar-refractivity contribution in [2.45, 2.75) is 25.4 Å². The molecule has 1 heterocycles. The van der Waals surface area contributed by atoms with Gasteiger partial charge in [0.05, 0.1) is 12.7 Å². The standard InChI is InChI=1S/C15H20BrNO3/c1-17(13-5-7-20-8-6-13)10-12-4-3-11(9-14(12)16)15(18)19-2/h3-4,9,13H,5-8,10H2,1-2H3. The Morgan fingerprint density at radius 1 is 1.45 bits per heavy atom. The van der Waals surface area contributed by atoms with Crippen molar-refractivity contribution in [3.63, 3.8) is 0 Å². The first kappa shape index (κ1) is 15.5. The van der Waals surface area contributed by atoms with Crippen LogP contribution in [-0.2, 0) is 16.0 Å². The van der Waals surface area contributed by atoms with Gasteiger partial charge < -0.3 is 9.47 Å². The van der Waals surface area contributed by atoms with E-state index in [1.807, 2.05) is 18.2 Å². The summed E-state index contributed by atoms with van der Waals surface area (Å²) in [6.07, 6.45) is 2.16. The first-order chi connectivity index (χ1) is 9.61. The Kier molecular flexibility index (Phi) is 5.57. The molecule has 0 radical (unpaired) electrons. The van der Waals surface area contributed by atoms with Gasteiger partial charge in [0, 0.05) is 30.3 Å². The molecule has 0 N–H and O–H groups in total.